The lowest BCUT2D eigenvalue weighted by Gasteiger charge is -2.25. The molecule has 3 rings (SSSR count). The van der Waals surface area contributed by atoms with Gasteiger partial charge in [0.05, 0.1) is 18.7 Å². The molecule has 2 N–H and O–H groups in total. The van der Waals surface area contributed by atoms with Crippen LogP contribution < -0.4 is 20.1 Å². The summed E-state index contributed by atoms with van der Waals surface area (Å²) in [7, 11) is 0. The van der Waals surface area contributed by atoms with Gasteiger partial charge in [-0.15, -0.1) is 0 Å². The molecule has 1 heterocycles. The zero-order chi connectivity index (χ0) is 21.5. The summed E-state index contributed by atoms with van der Waals surface area (Å²) in [6.07, 6.45) is -1.29. The molecule has 0 unspecified atom stereocenters. The molecule has 1 aliphatic rings. The van der Waals surface area contributed by atoms with Gasteiger partial charge in [0, 0.05) is 0 Å². The molecule has 30 heavy (non-hydrogen) atoms. The Kier molecular flexibility index (Phi) is 6.90. The highest BCUT2D eigenvalue weighted by Gasteiger charge is 2.30. The largest absolute Gasteiger partial charge is 0.491 e. The number of amides is 2. The Hall–Kier alpha value is -3.55. The van der Waals surface area contributed by atoms with Gasteiger partial charge in [0.2, 0.25) is 0 Å². The van der Waals surface area contributed by atoms with Crippen molar-refractivity contribution < 1.29 is 28.6 Å². The van der Waals surface area contributed by atoms with Crippen molar-refractivity contribution in [2.45, 2.75) is 26.4 Å². The molecule has 2 aromatic carbocycles. The van der Waals surface area contributed by atoms with Crippen LogP contribution in [0.5, 0.6) is 11.5 Å². The Balaban J connectivity index is 1.34. The molecule has 0 spiro atoms. The van der Waals surface area contributed by atoms with E-state index in [1.54, 1.807) is 24.3 Å². The highest BCUT2D eigenvalue weighted by atomic mass is 16.5. The molecular weight excluding hydrogens is 388 g/mol. The number of para-hydroxylation sites is 2. The number of hydrogen-bond acceptors (Lipinski definition) is 6. The van der Waals surface area contributed by atoms with E-state index in [0.29, 0.717) is 18.0 Å². The van der Waals surface area contributed by atoms with Crippen LogP contribution in [-0.4, -0.2) is 43.6 Å². The minimum absolute atomic E-state index is 0.272. The van der Waals surface area contributed by atoms with Crippen molar-refractivity contribution in [3.05, 3.63) is 53.6 Å². The fourth-order valence-corrected chi connectivity index (χ4v) is 2.95. The third-order valence-electron chi connectivity index (χ3n) is 4.44. The number of carbonyl (C=O) groups is 3. The fourth-order valence-electron chi connectivity index (χ4n) is 2.95. The molecule has 0 saturated heterocycles. The number of esters is 1. The average Bonchev–Trinajstić information content (AvgIpc) is 2.71. The monoisotopic (exact) mass is 412 g/mol. The Labute approximate surface area is 174 Å². The van der Waals surface area contributed by atoms with Crippen LogP contribution in [0.3, 0.4) is 0 Å². The Bertz CT molecular complexity index is 943. The van der Waals surface area contributed by atoms with E-state index in [9.17, 15) is 14.4 Å². The molecule has 8 nitrogen and oxygen atoms in total. The molecule has 8 heteroatoms. The second-order valence-corrected chi connectivity index (χ2v) is 6.92. The van der Waals surface area contributed by atoms with Gasteiger partial charge in [0.25, 0.3) is 11.8 Å². The Morgan fingerprint density at radius 3 is 2.77 bits per heavy atom. The minimum Gasteiger partial charge on any atom is -0.491 e. The zero-order valence-electron chi connectivity index (χ0n) is 16.9. The third-order valence-corrected chi connectivity index (χ3v) is 4.44. The lowest BCUT2D eigenvalue weighted by molar-refractivity contribution is -0.151. The van der Waals surface area contributed by atoms with Crippen LogP contribution in [-0.2, 0) is 19.1 Å². The van der Waals surface area contributed by atoms with Gasteiger partial charge in [0.1, 0.15) is 18.1 Å². The highest BCUT2D eigenvalue weighted by Crippen LogP contribution is 2.29. The molecular formula is C22H24N2O6. The predicted octanol–water partition coefficient (Wildman–Crippen LogP) is 2.13. The number of nitrogens with one attached hydrogen (secondary N) is 2. The van der Waals surface area contributed by atoms with E-state index in [-0.39, 0.29) is 13.0 Å². The second kappa shape index (κ2) is 9.78. The summed E-state index contributed by atoms with van der Waals surface area (Å²) in [5, 5.41) is 5.28. The topological polar surface area (TPSA) is 103 Å². The van der Waals surface area contributed by atoms with Gasteiger partial charge in [0.15, 0.2) is 12.7 Å². The van der Waals surface area contributed by atoms with Crippen LogP contribution >= 0.6 is 0 Å². The number of benzene rings is 2. The van der Waals surface area contributed by atoms with Crippen LogP contribution in [0, 0.1) is 13.8 Å². The van der Waals surface area contributed by atoms with E-state index < -0.39 is 30.5 Å². The summed E-state index contributed by atoms with van der Waals surface area (Å²) in [6, 6.07) is 12.8. The van der Waals surface area contributed by atoms with E-state index in [4.69, 9.17) is 14.2 Å². The van der Waals surface area contributed by atoms with E-state index in [1.165, 1.54) is 0 Å². The number of hydrogen-bond donors (Lipinski definition) is 2. The zero-order valence-corrected chi connectivity index (χ0v) is 16.9. The Morgan fingerprint density at radius 1 is 1.17 bits per heavy atom. The van der Waals surface area contributed by atoms with Gasteiger partial charge in [-0.1, -0.05) is 29.8 Å². The Morgan fingerprint density at radius 2 is 1.97 bits per heavy atom. The lowest BCUT2D eigenvalue weighted by Crippen LogP contribution is -2.39. The van der Waals surface area contributed by atoms with Gasteiger partial charge >= 0.3 is 5.97 Å². The van der Waals surface area contributed by atoms with E-state index in [2.05, 4.69) is 10.6 Å². The molecule has 0 fully saturated rings. The summed E-state index contributed by atoms with van der Waals surface area (Å²) in [5.74, 6) is -0.341. The van der Waals surface area contributed by atoms with Gasteiger partial charge in [-0.3, -0.25) is 14.4 Å². The number of ether oxygens (including phenoxy) is 3. The van der Waals surface area contributed by atoms with Crippen LogP contribution in [0.1, 0.15) is 17.5 Å². The molecule has 2 amide bonds. The first-order valence-corrected chi connectivity index (χ1v) is 9.61. The van der Waals surface area contributed by atoms with Crippen molar-refractivity contribution in [2.24, 2.45) is 0 Å². The maximum absolute atomic E-state index is 12.0. The third kappa shape index (κ3) is 5.73. The number of aryl methyl sites for hydroxylation is 2. The second-order valence-electron chi connectivity index (χ2n) is 6.92. The fraction of sp³-hybridized carbons (Fsp3) is 0.318. The van der Waals surface area contributed by atoms with Crippen molar-refractivity contribution >= 4 is 23.5 Å². The molecule has 0 radical (unpaired) electrons. The van der Waals surface area contributed by atoms with Gasteiger partial charge in [-0.25, -0.2) is 0 Å². The number of fused-ring (bicyclic) bond motifs is 1. The van der Waals surface area contributed by atoms with Crippen molar-refractivity contribution in [2.75, 3.05) is 25.1 Å². The quantitative estimate of drug-likeness (QED) is 0.509. The molecule has 158 valence electrons. The summed E-state index contributed by atoms with van der Waals surface area (Å²) in [5.41, 5.74) is 2.72. The van der Waals surface area contributed by atoms with Gasteiger partial charge in [-0.05, 0) is 37.6 Å². The SMILES string of the molecule is Cc1ccc(OCCNC(=O)COC(=O)C[C@H]2Oc3ccccc3NC2=O)c(C)c1. The van der Waals surface area contributed by atoms with Crippen molar-refractivity contribution in [1.29, 1.82) is 0 Å². The van der Waals surface area contributed by atoms with Crippen molar-refractivity contribution in [3.8, 4) is 11.5 Å². The molecule has 0 aliphatic carbocycles. The van der Waals surface area contributed by atoms with E-state index in [0.717, 1.165) is 16.9 Å². The number of rotatable bonds is 8. The van der Waals surface area contributed by atoms with Crippen LogP contribution in [0.15, 0.2) is 42.5 Å². The molecule has 1 atom stereocenters. The molecule has 2 aromatic rings. The molecule has 0 bridgehead atoms. The predicted molar refractivity (Wildman–Crippen MR) is 109 cm³/mol. The summed E-state index contributed by atoms with van der Waals surface area (Å²) in [6.45, 7) is 4.08. The van der Waals surface area contributed by atoms with Crippen molar-refractivity contribution in [1.82, 2.24) is 5.32 Å². The maximum Gasteiger partial charge on any atom is 0.310 e. The minimum atomic E-state index is -0.999. The van der Waals surface area contributed by atoms with Crippen molar-refractivity contribution in [3.63, 3.8) is 0 Å². The molecule has 0 saturated carbocycles. The first-order valence-electron chi connectivity index (χ1n) is 9.61. The van der Waals surface area contributed by atoms with Gasteiger partial charge < -0.3 is 24.8 Å². The summed E-state index contributed by atoms with van der Waals surface area (Å²) >= 11 is 0. The summed E-state index contributed by atoms with van der Waals surface area (Å²) < 4.78 is 16.1. The standard InChI is InChI=1S/C22H24N2O6/c1-14-7-8-17(15(2)11-14)28-10-9-23-20(25)13-29-21(26)12-19-22(27)24-16-5-3-4-6-18(16)30-19/h3-8,11,19H,9-10,12-13H2,1-2H3,(H,23,25)(H,24,27)/t19-/m1/s1. The van der Waals surface area contributed by atoms with E-state index >= 15 is 0 Å². The van der Waals surface area contributed by atoms with E-state index in [1.807, 2.05) is 32.0 Å². The number of carbonyl (C=O) groups excluding carboxylic acids is 3. The normalized spacial score (nSPS) is 14.7. The molecule has 1 aliphatic heterocycles. The van der Waals surface area contributed by atoms with Gasteiger partial charge in [-0.2, -0.15) is 0 Å². The maximum atomic E-state index is 12.0. The first-order chi connectivity index (χ1) is 14.4. The lowest BCUT2D eigenvalue weighted by atomic mass is 10.1. The molecule has 0 aromatic heterocycles. The van der Waals surface area contributed by atoms with Crippen LogP contribution in [0.2, 0.25) is 0 Å². The number of anilines is 1. The highest BCUT2D eigenvalue weighted by molar-refractivity contribution is 5.99. The first kappa shape index (κ1) is 21.2. The average molecular weight is 412 g/mol. The smallest absolute Gasteiger partial charge is 0.310 e. The van der Waals surface area contributed by atoms with Crippen LogP contribution in [0.4, 0.5) is 5.69 Å². The summed E-state index contributed by atoms with van der Waals surface area (Å²) in [4.78, 5) is 35.8. The van der Waals surface area contributed by atoms with Crippen LogP contribution in [0.25, 0.3) is 0 Å².